The van der Waals surface area contributed by atoms with E-state index in [-0.39, 0.29) is 12.4 Å². The highest BCUT2D eigenvalue weighted by molar-refractivity contribution is 5.80. The Hall–Kier alpha value is -2.34. The molecule has 0 bridgehead atoms. The molecule has 0 fully saturated rings. The molecule has 0 spiro atoms. The van der Waals surface area contributed by atoms with Crippen LogP contribution in [0.15, 0.2) is 30.3 Å². The third kappa shape index (κ3) is 2.86. The minimum Gasteiger partial charge on any atom is -0.468 e. The maximum Gasteiger partial charge on any atom is 0.317 e. The summed E-state index contributed by atoms with van der Waals surface area (Å²) in [6.07, 6.45) is 0.112. The van der Waals surface area contributed by atoms with Crippen LogP contribution in [0.5, 0.6) is 0 Å². The van der Waals surface area contributed by atoms with Gasteiger partial charge in [0.15, 0.2) is 0 Å². The van der Waals surface area contributed by atoms with Crippen molar-refractivity contribution < 1.29 is 9.53 Å². The number of methoxy groups -OCH3 is 1. The van der Waals surface area contributed by atoms with Crippen molar-refractivity contribution in [2.45, 2.75) is 13.3 Å². The molecular weight excluding hydrogens is 226 g/mol. The van der Waals surface area contributed by atoms with Crippen molar-refractivity contribution in [3.05, 3.63) is 41.6 Å². The molecule has 0 unspecified atom stereocenters. The molecule has 1 aromatic carbocycles. The summed E-state index contributed by atoms with van der Waals surface area (Å²) >= 11 is 0. The van der Waals surface area contributed by atoms with Gasteiger partial charge in [-0.3, -0.25) is 9.78 Å². The molecule has 2 aromatic rings. The van der Waals surface area contributed by atoms with Crippen LogP contribution in [0.1, 0.15) is 17.7 Å². The van der Waals surface area contributed by atoms with E-state index < -0.39 is 0 Å². The molecule has 0 aliphatic rings. The number of carbonyl (C=O) groups excluding carboxylic acids is 1. The van der Waals surface area contributed by atoms with Gasteiger partial charge in [-0.05, 0) is 31.2 Å². The Balaban J connectivity index is 2.25. The standard InChI is InChI=1S/C15H13NO2/c1-11-6-8-13-10-12(7-9-14(13)16-11)4-3-5-15(17)18-2/h6-10H,5H2,1-2H3. The number of benzene rings is 1. The molecule has 18 heavy (non-hydrogen) atoms. The second kappa shape index (κ2) is 5.33. The molecule has 1 aromatic heterocycles. The van der Waals surface area contributed by atoms with Crippen LogP contribution in [0, 0.1) is 18.8 Å². The number of ether oxygens (including phenoxy) is 1. The summed E-state index contributed by atoms with van der Waals surface area (Å²) < 4.78 is 4.52. The van der Waals surface area contributed by atoms with Crippen LogP contribution >= 0.6 is 0 Å². The molecule has 1 heterocycles. The summed E-state index contributed by atoms with van der Waals surface area (Å²) in [7, 11) is 1.36. The number of nitrogens with zero attached hydrogens (tertiary/aromatic N) is 1. The van der Waals surface area contributed by atoms with Gasteiger partial charge in [0.25, 0.3) is 0 Å². The normalized spacial score (nSPS) is 9.67. The van der Waals surface area contributed by atoms with E-state index in [0.717, 1.165) is 22.2 Å². The number of hydrogen-bond acceptors (Lipinski definition) is 3. The zero-order valence-electron chi connectivity index (χ0n) is 10.4. The number of hydrogen-bond donors (Lipinski definition) is 0. The third-order valence-corrected chi connectivity index (χ3v) is 2.52. The highest BCUT2D eigenvalue weighted by Gasteiger charge is 1.97. The quantitative estimate of drug-likeness (QED) is 0.567. The minimum absolute atomic E-state index is 0.112. The molecule has 0 saturated carbocycles. The zero-order valence-corrected chi connectivity index (χ0v) is 10.4. The number of rotatable bonds is 1. The Morgan fingerprint density at radius 1 is 1.33 bits per heavy atom. The Morgan fingerprint density at radius 3 is 2.94 bits per heavy atom. The molecule has 3 heteroatoms. The second-order valence-corrected chi connectivity index (χ2v) is 3.91. The van der Waals surface area contributed by atoms with Crippen molar-refractivity contribution >= 4 is 16.9 Å². The van der Waals surface area contributed by atoms with Gasteiger partial charge in [0, 0.05) is 16.6 Å². The van der Waals surface area contributed by atoms with Crippen molar-refractivity contribution in [3.8, 4) is 11.8 Å². The first-order valence-electron chi connectivity index (χ1n) is 5.62. The van der Waals surface area contributed by atoms with Crippen LogP contribution in [-0.4, -0.2) is 18.1 Å². The monoisotopic (exact) mass is 239 g/mol. The van der Waals surface area contributed by atoms with E-state index in [4.69, 9.17) is 0 Å². The summed E-state index contributed by atoms with van der Waals surface area (Å²) in [4.78, 5) is 15.3. The predicted octanol–water partition coefficient (Wildman–Crippen LogP) is 2.46. The maximum absolute atomic E-state index is 10.9. The van der Waals surface area contributed by atoms with Crippen molar-refractivity contribution in [2.24, 2.45) is 0 Å². The van der Waals surface area contributed by atoms with Gasteiger partial charge >= 0.3 is 5.97 Å². The summed E-state index contributed by atoms with van der Waals surface area (Å²) in [5.41, 5.74) is 2.82. The predicted molar refractivity (Wildman–Crippen MR) is 70.0 cm³/mol. The molecule has 3 nitrogen and oxygen atoms in total. The average Bonchev–Trinajstić information content (AvgIpc) is 2.38. The molecule has 0 N–H and O–H groups in total. The molecule has 90 valence electrons. The first-order valence-corrected chi connectivity index (χ1v) is 5.62. The van der Waals surface area contributed by atoms with Crippen LogP contribution in [-0.2, 0) is 9.53 Å². The van der Waals surface area contributed by atoms with Crippen LogP contribution in [0.25, 0.3) is 10.9 Å². The van der Waals surface area contributed by atoms with E-state index in [1.54, 1.807) is 0 Å². The van der Waals surface area contributed by atoms with E-state index in [1.165, 1.54) is 7.11 Å². The van der Waals surface area contributed by atoms with Gasteiger partial charge in [-0.15, -0.1) is 0 Å². The molecule has 0 atom stereocenters. The molecule has 0 radical (unpaired) electrons. The Kier molecular flexibility index (Phi) is 3.59. The lowest BCUT2D eigenvalue weighted by atomic mass is 10.1. The zero-order chi connectivity index (χ0) is 13.0. The van der Waals surface area contributed by atoms with Gasteiger partial charge in [0.2, 0.25) is 0 Å². The van der Waals surface area contributed by atoms with Crippen molar-refractivity contribution in [1.82, 2.24) is 4.98 Å². The van der Waals surface area contributed by atoms with Gasteiger partial charge in [0.1, 0.15) is 6.42 Å². The first-order chi connectivity index (χ1) is 8.69. The minimum atomic E-state index is -0.319. The molecule has 2 rings (SSSR count). The van der Waals surface area contributed by atoms with E-state index >= 15 is 0 Å². The second-order valence-electron chi connectivity index (χ2n) is 3.91. The van der Waals surface area contributed by atoms with Gasteiger partial charge < -0.3 is 4.74 Å². The maximum atomic E-state index is 10.9. The molecule has 0 saturated heterocycles. The number of aromatic nitrogens is 1. The average molecular weight is 239 g/mol. The number of esters is 1. The van der Waals surface area contributed by atoms with Crippen molar-refractivity contribution in [3.63, 3.8) is 0 Å². The van der Waals surface area contributed by atoms with Crippen LogP contribution in [0.2, 0.25) is 0 Å². The third-order valence-electron chi connectivity index (χ3n) is 2.52. The smallest absolute Gasteiger partial charge is 0.317 e. The van der Waals surface area contributed by atoms with Gasteiger partial charge in [0.05, 0.1) is 12.6 Å². The number of fused-ring (bicyclic) bond motifs is 1. The van der Waals surface area contributed by atoms with E-state index in [9.17, 15) is 4.79 Å². The van der Waals surface area contributed by atoms with Crippen LogP contribution < -0.4 is 0 Å². The summed E-state index contributed by atoms with van der Waals surface area (Å²) in [6.45, 7) is 1.96. The highest BCUT2D eigenvalue weighted by atomic mass is 16.5. The summed E-state index contributed by atoms with van der Waals surface area (Å²) in [5.74, 6) is 5.40. The number of pyridine rings is 1. The fourth-order valence-corrected chi connectivity index (χ4v) is 1.60. The topological polar surface area (TPSA) is 39.2 Å². The summed E-state index contributed by atoms with van der Waals surface area (Å²) in [6, 6.07) is 9.78. The number of aryl methyl sites for hydroxylation is 1. The van der Waals surface area contributed by atoms with Gasteiger partial charge in [-0.25, -0.2) is 0 Å². The fourth-order valence-electron chi connectivity index (χ4n) is 1.60. The van der Waals surface area contributed by atoms with Crippen LogP contribution in [0.3, 0.4) is 0 Å². The summed E-state index contributed by atoms with van der Waals surface area (Å²) in [5, 5.41) is 1.05. The fraction of sp³-hybridized carbons (Fsp3) is 0.200. The van der Waals surface area contributed by atoms with Crippen LogP contribution in [0.4, 0.5) is 0 Å². The first kappa shape index (κ1) is 12.1. The van der Waals surface area contributed by atoms with Gasteiger partial charge in [-0.2, -0.15) is 0 Å². The Morgan fingerprint density at radius 2 is 2.17 bits per heavy atom. The molecule has 0 amide bonds. The molecule has 0 aliphatic heterocycles. The molecular formula is C15H13NO2. The van der Waals surface area contributed by atoms with Crippen molar-refractivity contribution in [2.75, 3.05) is 7.11 Å². The van der Waals surface area contributed by atoms with E-state index in [2.05, 4.69) is 21.6 Å². The molecule has 0 aliphatic carbocycles. The van der Waals surface area contributed by atoms with E-state index in [1.807, 2.05) is 37.3 Å². The largest absolute Gasteiger partial charge is 0.468 e. The lowest BCUT2D eigenvalue weighted by molar-refractivity contribution is -0.139. The lowest BCUT2D eigenvalue weighted by Gasteiger charge is -1.99. The Bertz CT molecular complexity index is 650. The van der Waals surface area contributed by atoms with E-state index in [0.29, 0.717) is 0 Å². The highest BCUT2D eigenvalue weighted by Crippen LogP contribution is 2.14. The lowest BCUT2D eigenvalue weighted by Crippen LogP contribution is -1.97. The van der Waals surface area contributed by atoms with Gasteiger partial charge in [-0.1, -0.05) is 17.9 Å². The SMILES string of the molecule is COC(=O)CC#Cc1ccc2nc(C)ccc2c1. The Labute approximate surface area is 106 Å². The van der Waals surface area contributed by atoms with Crippen molar-refractivity contribution in [1.29, 1.82) is 0 Å². The number of carbonyl (C=O) groups is 1.